The number of nitrogens with zero attached hydrogens (tertiary/aromatic N) is 2. The van der Waals surface area contributed by atoms with Crippen molar-refractivity contribution >= 4 is 11.8 Å². The predicted molar refractivity (Wildman–Crippen MR) is 34.8 cm³/mol. The molecule has 0 aromatic carbocycles. The maximum Gasteiger partial charge on any atom is 0.241 e. The summed E-state index contributed by atoms with van der Waals surface area (Å²) >= 11 is 0. The Morgan fingerprint density at radius 2 is 1.30 bits per heavy atom. The first-order valence-electron chi connectivity index (χ1n) is 3.16. The van der Waals surface area contributed by atoms with Crippen molar-refractivity contribution < 1.29 is 9.59 Å². The van der Waals surface area contributed by atoms with Crippen molar-refractivity contribution in [2.45, 2.75) is 12.8 Å². The highest BCUT2D eigenvalue weighted by Crippen LogP contribution is 2.08. The minimum atomic E-state index is 0.00194. The van der Waals surface area contributed by atoms with Crippen LogP contribution in [0.1, 0.15) is 12.8 Å². The second kappa shape index (κ2) is 2.28. The van der Waals surface area contributed by atoms with E-state index in [1.165, 1.54) is 10.0 Å². The molecule has 1 heterocycles. The van der Waals surface area contributed by atoms with Gasteiger partial charge in [0, 0.05) is 26.9 Å². The van der Waals surface area contributed by atoms with E-state index in [1.807, 2.05) is 0 Å². The Morgan fingerprint density at radius 1 is 1.00 bits per heavy atom. The molecule has 1 fully saturated rings. The lowest BCUT2D eigenvalue weighted by molar-refractivity contribution is -0.164. The van der Waals surface area contributed by atoms with Gasteiger partial charge in [-0.15, -0.1) is 0 Å². The lowest BCUT2D eigenvalue weighted by Gasteiger charge is -2.32. The molecule has 0 aromatic heterocycles. The highest BCUT2D eigenvalue weighted by atomic mass is 16.2. The first-order valence-corrected chi connectivity index (χ1v) is 3.16. The average Bonchev–Trinajstić information content (AvgIpc) is 1.93. The van der Waals surface area contributed by atoms with Crippen LogP contribution in [0.5, 0.6) is 0 Å². The van der Waals surface area contributed by atoms with Crippen LogP contribution in [0.15, 0.2) is 0 Å². The van der Waals surface area contributed by atoms with Gasteiger partial charge in [-0.2, -0.15) is 0 Å². The van der Waals surface area contributed by atoms with Gasteiger partial charge in [0.25, 0.3) is 0 Å². The van der Waals surface area contributed by atoms with Crippen molar-refractivity contribution in [1.29, 1.82) is 0 Å². The average molecular weight is 142 g/mol. The molecule has 4 nitrogen and oxygen atoms in total. The fourth-order valence-electron chi connectivity index (χ4n) is 0.872. The molecule has 0 radical (unpaired) electrons. The summed E-state index contributed by atoms with van der Waals surface area (Å²) in [5.41, 5.74) is 0. The van der Waals surface area contributed by atoms with Crippen molar-refractivity contribution in [1.82, 2.24) is 10.0 Å². The smallest absolute Gasteiger partial charge is 0.241 e. The Balaban J connectivity index is 2.69. The van der Waals surface area contributed by atoms with Crippen molar-refractivity contribution in [3.8, 4) is 0 Å². The Bertz CT molecular complexity index is 159. The van der Waals surface area contributed by atoms with E-state index in [-0.39, 0.29) is 11.8 Å². The number of amides is 2. The zero-order valence-electron chi connectivity index (χ0n) is 6.13. The standard InChI is InChI=1S/C6H10N2O2/c1-7-5(9)3-4-6(10)8(7)2/h3-4H2,1-2H3. The fourth-order valence-corrected chi connectivity index (χ4v) is 0.872. The van der Waals surface area contributed by atoms with Gasteiger partial charge in [-0.1, -0.05) is 0 Å². The van der Waals surface area contributed by atoms with Crippen LogP contribution in [0.25, 0.3) is 0 Å². The van der Waals surface area contributed by atoms with Gasteiger partial charge in [0.2, 0.25) is 11.8 Å². The van der Waals surface area contributed by atoms with Crippen LogP contribution in [-0.2, 0) is 9.59 Å². The maximum atomic E-state index is 10.9. The molecule has 0 saturated carbocycles. The van der Waals surface area contributed by atoms with Gasteiger partial charge in [0.15, 0.2) is 0 Å². The molecule has 10 heavy (non-hydrogen) atoms. The number of carbonyl (C=O) groups is 2. The Hall–Kier alpha value is -1.06. The van der Waals surface area contributed by atoms with E-state index in [0.717, 1.165) is 0 Å². The summed E-state index contributed by atoms with van der Waals surface area (Å²) in [4.78, 5) is 21.8. The highest BCUT2D eigenvalue weighted by molar-refractivity contribution is 5.88. The van der Waals surface area contributed by atoms with E-state index in [9.17, 15) is 9.59 Å². The molecule has 0 N–H and O–H groups in total. The molecule has 0 atom stereocenters. The van der Waals surface area contributed by atoms with Gasteiger partial charge >= 0.3 is 0 Å². The third-order valence-electron chi connectivity index (χ3n) is 1.72. The Morgan fingerprint density at radius 3 is 1.60 bits per heavy atom. The first-order chi connectivity index (χ1) is 4.63. The molecular formula is C6H10N2O2. The molecule has 0 aliphatic carbocycles. The van der Waals surface area contributed by atoms with Gasteiger partial charge in [-0.25, -0.2) is 0 Å². The Labute approximate surface area is 59.4 Å². The largest absolute Gasteiger partial charge is 0.273 e. The number of carbonyl (C=O) groups excluding carboxylic acids is 2. The zero-order valence-corrected chi connectivity index (χ0v) is 6.13. The van der Waals surface area contributed by atoms with Crippen molar-refractivity contribution in [2.75, 3.05) is 14.1 Å². The van der Waals surface area contributed by atoms with Gasteiger partial charge in [0.05, 0.1) is 0 Å². The molecule has 0 aromatic rings. The van der Waals surface area contributed by atoms with E-state index < -0.39 is 0 Å². The van der Waals surface area contributed by atoms with Gasteiger partial charge < -0.3 is 0 Å². The molecule has 2 amide bonds. The highest BCUT2D eigenvalue weighted by Gasteiger charge is 2.24. The van der Waals surface area contributed by atoms with E-state index in [0.29, 0.717) is 12.8 Å². The molecular weight excluding hydrogens is 132 g/mol. The van der Waals surface area contributed by atoms with Crippen molar-refractivity contribution in [2.24, 2.45) is 0 Å². The quantitative estimate of drug-likeness (QED) is 0.462. The maximum absolute atomic E-state index is 10.9. The zero-order chi connectivity index (χ0) is 7.72. The third kappa shape index (κ3) is 0.964. The normalized spacial score (nSPS) is 20.2. The minimum Gasteiger partial charge on any atom is -0.273 e. The van der Waals surface area contributed by atoms with E-state index in [4.69, 9.17) is 0 Å². The third-order valence-corrected chi connectivity index (χ3v) is 1.72. The van der Waals surface area contributed by atoms with Crippen LogP contribution in [0, 0.1) is 0 Å². The summed E-state index contributed by atoms with van der Waals surface area (Å²) in [6, 6.07) is 0. The van der Waals surface area contributed by atoms with Crippen LogP contribution >= 0.6 is 0 Å². The summed E-state index contributed by atoms with van der Waals surface area (Å²) in [5, 5.41) is 2.68. The molecule has 1 aliphatic rings. The van der Waals surface area contributed by atoms with E-state index in [2.05, 4.69) is 0 Å². The number of rotatable bonds is 0. The van der Waals surface area contributed by atoms with E-state index in [1.54, 1.807) is 14.1 Å². The van der Waals surface area contributed by atoms with Crippen LogP contribution in [0.3, 0.4) is 0 Å². The van der Waals surface area contributed by atoms with Crippen molar-refractivity contribution in [3.63, 3.8) is 0 Å². The number of hydrogen-bond donors (Lipinski definition) is 0. The van der Waals surface area contributed by atoms with Crippen LogP contribution in [0.4, 0.5) is 0 Å². The van der Waals surface area contributed by atoms with Gasteiger partial charge in [-0.05, 0) is 0 Å². The second-order valence-electron chi connectivity index (χ2n) is 2.33. The fraction of sp³-hybridized carbons (Fsp3) is 0.667. The van der Waals surface area contributed by atoms with Crippen LogP contribution < -0.4 is 0 Å². The molecule has 0 unspecified atom stereocenters. The molecule has 56 valence electrons. The SMILES string of the molecule is CN1C(=O)CCC(=O)N1C. The lowest BCUT2D eigenvalue weighted by Crippen LogP contribution is -2.48. The molecule has 0 bridgehead atoms. The van der Waals surface area contributed by atoms with Gasteiger partial charge in [0.1, 0.15) is 0 Å². The molecule has 1 saturated heterocycles. The number of hydrogen-bond acceptors (Lipinski definition) is 2. The van der Waals surface area contributed by atoms with Gasteiger partial charge in [-0.3, -0.25) is 19.6 Å². The first kappa shape index (κ1) is 7.05. The molecule has 1 rings (SSSR count). The monoisotopic (exact) mass is 142 g/mol. The topological polar surface area (TPSA) is 40.6 Å². The summed E-state index contributed by atoms with van der Waals surface area (Å²) < 4.78 is 0. The second-order valence-corrected chi connectivity index (χ2v) is 2.33. The summed E-state index contributed by atoms with van der Waals surface area (Å²) in [6.45, 7) is 0. The van der Waals surface area contributed by atoms with E-state index >= 15 is 0 Å². The van der Waals surface area contributed by atoms with Crippen LogP contribution in [0.2, 0.25) is 0 Å². The summed E-state index contributed by atoms with van der Waals surface area (Å²) in [5.74, 6) is 0.00389. The lowest BCUT2D eigenvalue weighted by atomic mass is 10.2. The predicted octanol–water partition coefficient (Wildman–Crippen LogP) is -0.388. The Kier molecular flexibility index (Phi) is 1.61. The molecule has 1 aliphatic heterocycles. The minimum absolute atomic E-state index is 0.00194. The molecule has 4 heteroatoms. The summed E-state index contributed by atoms with van der Waals surface area (Å²) in [7, 11) is 3.19. The van der Waals surface area contributed by atoms with Crippen molar-refractivity contribution in [3.05, 3.63) is 0 Å². The molecule has 0 spiro atoms. The summed E-state index contributed by atoms with van der Waals surface area (Å²) in [6.07, 6.45) is 0.694. The van der Waals surface area contributed by atoms with Crippen LogP contribution in [-0.4, -0.2) is 35.9 Å². The number of hydrazine groups is 1.